The minimum absolute atomic E-state index is 0.0408. The Morgan fingerprint density at radius 2 is 1.17 bits per heavy atom. The SMILES string of the molecule is CC(C)(C)c1ccc(N2c3cc4c(oc5ccccc54)c4c3B(c3sc5ccccc5c32)N2c3ccccc3C(c3ccccc3)(c3ccccc3)c3cccc-4c32)c(-c2ccccc2)c1. The second kappa shape index (κ2) is 13.7. The normalized spacial score (nSPS) is 14.3. The molecule has 3 aliphatic rings. The van der Waals surface area contributed by atoms with E-state index < -0.39 is 5.41 Å². The zero-order valence-corrected chi connectivity index (χ0v) is 37.7. The molecule has 0 N–H and O–H groups in total. The number of rotatable bonds is 4. The van der Waals surface area contributed by atoms with E-state index in [0.29, 0.717) is 0 Å². The van der Waals surface area contributed by atoms with Crippen LogP contribution in [0.5, 0.6) is 0 Å². The molecule has 11 aromatic rings. The van der Waals surface area contributed by atoms with E-state index in [0.717, 1.165) is 27.6 Å². The highest BCUT2D eigenvalue weighted by atomic mass is 32.1. The number of hydrogen-bond donors (Lipinski definition) is 0. The summed E-state index contributed by atoms with van der Waals surface area (Å²) in [6.45, 7) is 6.78. The van der Waals surface area contributed by atoms with E-state index in [-0.39, 0.29) is 12.3 Å². The number of anilines is 5. The van der Waals surface area contributed by atoms with Crippen LogP contribution >= 0.6 is 11.3 Å². The fraction of sp³-hybridized carbons (Fsp3) is 0.0820. The first kappa shape index (κ1) is 37.7. The fourth-order valence-corrected chi connectivity index (χ4v) is 13.1. The summed E-state index contributed by atoms with van der Waals surface area (Å²) in [6.07, 6.45) is 0. The molecular weight excluding hydrogens is 820 g/mol. The number of hydrogen-bond acceptors (Lipinski definition) is 4. The summed E-state index contributed by atoms with van der Waals surface area (Å²) < 4.78 is 9.79. The van der Waals surface area contributed by atoms with Gasteiger partial charge in [-0.15, -0.1) is 11.3 Å². The van der Waals surface area contributed by atoms with Gasteiger partial charge in [0, 0.05) is 59.4 Å². The van der Waals surface area contributed by atoms with Gasteiger partial charge in [0.05, 0.1) is 16.8 Å². The average molecular weight is 863 g/mol. The van der Waals surface area contributed by atoms with Gasteiger partial charge in [-0.25, -0.2) is 0 Å². The molecule has 66 heavy (non-hydrogen) atoms. The second-order valence-electron chi connectivity index (χ2n) is 19.1. The number of nitrogens with zero attached hydrogens (tertiary/aromatic N) is 2. The van der Waals surface area contributed by atoms with Crippen molar-refractivity contribution in [3.8, 4) is 22.3 Å². The van der Waals surface area contributed by atoms with Crippen LogP contribution in [0.25, 0.3) is 54.3 Å². The molecular formula is C61H43BN2OS. The zero-order valence-electron chi connectivity index (χ0n) is 36.9. The van der Waals surface area contributed by atoms with Crippen molar-refractivity contribution in [3.05, 3.63) is 234 Å². The first-order chi connectivity index (χ1) is 32.4. The molecule has 0 spiro atoms. The molecule has 0 fully saturated rings. The number of para-hydroxylation sites is 3. The molecule has 0 saturated heterocycles. The van der Waals surface area contributed by atoms with E-state index in [2.05, 4.69) is 237 Å². The Balaban J connectivity index is 1.18. The van der Waals surface area contributed by atoms with Gasteiger partial charge in [-0.2, -0.15) is 0 Å². The predicted octanol–water partition coefficient (Wildman–Crippen LogP) is 15.2. The van der Waals surface area contributed by atoms with Crippen LogP contribution in [0.1, 0.15) is 48.6 Å². The Morgan fingerprint density at radius 1 is 0.515 bits per heavy atom. The van der Waals surface area contributed by atoms with Crippen LogP contribution < -0.4 is 20.0 Å². The third kappa shape index (κ3) is 4.98. The summed E-state index contributed by atoms with van der Waals surface area (Å²) in [5, 5.41) is 3.50. The predicted molar refractivity (Wildman–Crippen MR) is 279 cm³/mol. The van der Waals surface area contributed by atoms with Gasteiger partial charge >= 0.3 is 6.85 Å². The van der Waals surface area contributed by atoms with E-state index in [9.17, 15) is 0 Å². The van der Waals surface area contributed by atoms with Crippen molar-refractivity contribution in [2.45, 2.75) is 31.6 Å². The number of fused-ring (bicyclic) bond motifs is 12. The molecule has 9 aromatic carbocycles. The second-order valence-corrected chi connectivity index (χ2v) is 20.2. The smallest absolute Gasteiger partial charge is 0.343 e. The van der Waals surface area contributed by atoms with Crippen molar-refractivity contribution in [1.29, 1.82) is 0 Å². The molecule has 0 aliphatic carbocycles. The maximum absolute atomic E-state index is 7.20. The number of benzene rings is 9. The summed E-state index contributed by atoms with van der Waals surface area (Å²) in [6, 6.07) is 76.9. The summed E-state index contributed by atoms with van der Waals surface area (Å²) in [4.78, 5) is 5.35. The first-order valence-corrected chi connectivity index (χ1v) is 23.9. The van der Waals surface area contributed by atoms with Gasteiger partial charge in [-0.3, -0.25) is 0 Å². The van der Waals surface area contributed by atoms with Crippen LogP contribution in [0.2, 0.25) is 0 Å². The lowest BCUT2D eigenvalue weighted by molar-refractivity contribution is 0.590. The molecule has 0 bridgehead atoms. The minimum atomic E-state index is -0.605. The Morgan fingerprint density at radius 3 is 1.92 bits per heavy atom. The van der Waals surface area contributed by atoms with Crippen molar-refractivity contribution >= 4 is 88.9 Å². The fourth-order valence-electron chi connectivity index (χ4n) is 11.9. The highest BCUT2D eigenvalue weighted by Crippen LogP contribution is 2.62. The van der Waals surface area contributed by atoms with Crippen LogP contribution in [0.3, 0.4) is 0 Å². The molecule has 3 aliphatic heterocycles. The van der Waals surface area contributed by atoms with Crippen molar-refractivity contribution < 1.29 is 4.42 Å². The molecule has 312 valence electrons. The summed E-state index contributed by atoms with van der Waals surface area (Å²) in [7, 11) is 0. The van der Waals surface area contributed by atoms with Gasteiger partial charge in [0.25, 0.3) is 0 Å². The van der Waals surface area contributed by atoms with Gasteiger partial charge in [0.1, 0.15) is 11.2 Å². The molecule has 5 heterocycles. The lowest BCUT2D eigenvalue weighted by Gasteiger charge is -2.52. The molecule has 0 unspecified atom stereocenters. The van der Waals surface area contributed by atoms with Crippen molar-refractivity contribution in [1.82, 2.24) is 0 Å². The summed E-state index contributed by atoms with van der Waals surface area (Å²) >= 11 is 1.93. The summed E-state index contributed by atoms with van der Waals surface area (Å²) in [5.74, 6) is 0. The molecule has 5 heteroatoms. The Bertz CT molecular complexity index is 3730. The Labute approximate surface area is 388 Å². The number of thiophene rings is 1. The molecule has 0 amide bonds. The van der Waals surface area contributed by atoms with Gasteiger partial charge < -0.3 is 14.1 Å². The monoisotopic (exact) mass is 862 g/mol. The van der Waals surface area contributed by atoms with Crippen LogP contribution in [-0.2, 0) is 10.8 Å². The molecule has 0 atom stereocenters. The third-order valence-corrected chi connectivity index (χ3v) is 15.9. The maximum atomic E-state index is 7.20. The molecule has 0 radical (unpaired) electrons. The van der Waals surface area contributed by atoms with E-state index >= 15 is 0 Å². The van der Waals surface area contributed by atoms with Crippen molar-refractivity contribution in [3.63, 3.8) is 0 Å². The van der Waals surface area contributed by atoms with Crippen molar-refractivity contribution in [2.75, 3.05) is 9.71 Å². The van der Waals surface area contributed by atoms with Crippen LogP contribution in [0.15, 0.2) is 211 Å². The molecule has 3 nitrogen and oxygen atoms in total. The maximum Gasteiger partial charge on any atom is 0.343 e. The minimum Gasteiger partial charge on any atom is -0.455 e. The average Bonchev–Trinajstić information content (AvgIpc) is 3.94. The Hall–Kier alpha value is -7.60. The van der Waals surface area contributed by atoms with Crippen LogP contribution in [-0.4, -0.2) is 6.85 Å². The summed E-state index contributed by atoms with van der Waals surface area (Å²) in [5.41, 5.74) is 19.6. The van der Waals surface area contributed by atoms with Gasteiger partial charge in [0.15, 0.2) is 0 Å². The largest absolute Gasteiger partial charge is 0.455 e. The van der Waals surface area contributed by atoms with E-state index in [1.807, 2.05) is 11.3 Å². The van der Waals surface area contributed by atoms with Crippen molar-refractivity contribution in [2.24, 2.45) is 0 Å². The lowest BCUT2D eigenvalue weighted by Crippen LogP contribution is -2.62. The van der Waals surface area contributed by atoms with E-state index in [1.165, 1.54) is 93.1 Å². The third-order valence-electron chi connectivity index (χ3n) is 14.6. The van der Waals surface area contributed by atoms with Gasteiger partial charge in [0.2, 0.25) is 0 Å². The molecule has 14 rings (SSSR count). The van der Waals surface area contributed by atoms with E-state index in [1.54, 1.807) is 0 Å². The standard InChI is InChI=1S/C61H43BN2OS/c1-60(2,3)41-34-35-49(45(36-41)38-20-7-4-8-21-38)63-51-37-46-42-26-13-17-32-52(42)65-58(46)54-44-28-19-30-48-56(44)64(62(55(51)54)59-57(63)43-27-14-18-33-53(43)66-59)50-31-16-15-29-47(50)61(48,39-22-9-5-10-23-39)40-24-11-6-12-25-40/h4-37H,1-3H3. The lowest BCUT2D eigenvalue weighted by atomic mass is 9.44. The van der Waals surface area contributed by atoms with Crippen LogP contribution in [0, 0.1) is 0 Å². The molecule has 2 aromatic heterocycles. The van der Waals surface area contributed by atoms with Crippen LogP contribution in [0.4, 0.5) is 28.4 Å². The topological polar surface area (TPSA) is 19.6 Å². The van der Waals surface area contributed by atoms with Gasteiger partial charge in [-0.05, 0) is 80.7 Å². The zero-order chi connectivity index (χ0) is 43.9. The first-order valence-electron chi connectivity index (χ1n) is 23.0. The quantitative estimate of drug-likeness (QED) is 0.164. The number of furan rings is 1. The van der Waals surface area contributed by atoms with Gasteiger partial charge in [-0.1, -0.05) is 191 Å². The Kier molecular flexibility index (Phi) is 7.84. The molecule has 0 saturated carbocycles. The highest BCUT2D eigenvalue weighted by Gasteiger charge is 2.55. The van der Waals surface area contributed by atoms with E-state index in [4.69, 9.17) is 4.42 Å². The highest BCUT2D eigenvalue weighted by molar-refractivity contribution is 7.32.